The zero-order valence-corrected chi connectivity index (χ0v) is 22.2. The van der Waals surface area contributed by atoms with E-state index >= 15 is 0 Å². The molecule has 2 heterocycles. The predicted molar refractivity (Wildman–Crippen MR) is 146 cm³/mol. The second kappa shape index (κ2) is 11.5. The molecule has 0 aliphatic heterocycles. The quantitative estimate of drug-likeness (QED) is 0.246. The van der Waals surface area contributed by atoms with Crippen molar-refractivity contribution in [3.63, 3.8) is 0 Å². The largest absolute Gasteiger partial charge is 0.508 e. The van der Waals surface area contributed by atoms with Gasteiger partial charge in [-0.25, -0.2) is 19.1 Å². The maximum Gasteiger partial charge on any atom is 0.416 e. The van der Waals surface area contributed by atoms with Crippen LogP contribution in [0.4, 0.5) is 18.9 Å². The molecular formula is C27H21ClF3N7O4. The van der Waals surface area contributed by atoms with Crippen molar-refractivity contribution in [1.82, 2.24) is 29.1 Å². The van der Waals surface area contributed by atoms with E-state index in [1.807, 2.05) is 0 Å². The summed E-state index contributed by atoms with van der Waals surface area (Å²) in [6.07, 6.45) is -6.45. The Morgan fingerprint density at radius 3 is 2.48 bits per heavy atom. The summed E-state index contributed by atoms with van der Waals surface area (Å²) in [7, 11) is 0. The highest BCUT2D eigenvalue weighted by Crippen LogP contribution is 2.24. The van der Waals surface area contributed by atoms with Gasteiger partial charge < -0.3 is 15.5 Å². The van der Waals surface area contributed by atoms with Crippen molar-refractivity contribution < 1.29 is 28.2 Å². The molecule has 0 fully saturated rings. The third-order valence-electron chi connectivity index (χ3n) is 6.09. The number of benzene rings is 3. The second-order valence-electron chi connectivity index (χ2n) is 9.07. The van der Waals surface area contributed by atoms with Crippen LogP contribution in [0.25, 0.3) is 17.1 Å². The zero-order valence-electron chi connectivity index (χ0n) is 21.4. The van der Waals surface area contributed by atoms with Crippen LogP contribution >= 0.6 is 11.6 Å². The Kier molecular flexibility index (Phi) is 7.83. The van der Waals surface area contributed by atoms with E-state index in [-0.39, 0.29) is 29.5 Å². The van der Waals surface area contributed by atoms with Gasteiger partial charge in [0.25, 0.3) is 5.91 Å². The third kappa shape index (κ3) is 6.19. The van der Waals surface area contributed by atoms with Gasteiger partial charge in [0, 0.05) is 22.3 Å². The molecule has 1 amide bonds. The first-order chi connectivity index (χ1) is 20.0. The van der Waals surface area contributed by atoms with Gasteiger partial charge in [-0.15, -0.1) is 10.2 Å². The lowest BCUT2D eigenvalue weighted by molar-refractivity contribution is -0.207. The lowest BCUT2D eigenvalue weighted by Crippen LogP contribution is -2.37. The van der Waals surface area contributed by atoms with E-state index in [4.69, 9.17) is 11.6 Å². The van der Waals surface area contributed by atoms with Gasteiger partial charge in [0.15, 0.2) is 17.8 Å². The molecule has 0 aliphatic carbocycles. The minimum Gasteiger partial charge on any atom is -0.508 e. The molecule has 5 aromatic rings. The fourth-order valence-electron chi connectivity index (χ4n) is 4.06. The standard InChI is InChI=1S/C27H21ClF3N7O4/c28-17-10-8-16(9-11-17)24-35-37(26(42)36(24)13-22(40)27(29,30)31)14-23-32-15-38(34-23)21-7-2-1-6-20(21)25(41)33-18-4-3-5-19(39)12-18/h1-12,15,22,39-40H,13-14H2,(H,33,41). The maximum atomic E-state index is 13.1. The number of aliphatic hydroxyl groups excluding tert-OH is 1. The normalized spacial score (nSPS) is 12.3. The average Bonchev–Trinajstić information content (AvgIpc) is 3.53. The van der Waals surface area contributed by atoms with Gasteiger partial charge >= 0.3 is 11.9 Å². The molecule has 0 aliphatic rings. The highest BCUT2D eigenvalue weighted by atomic mass is 35.5. The van der Waals surface area contributed by atoms with E-state index in [9.17, 15) is 33.0 Å². The fraction of sp³-hybridized carbons (Fsp3) is 0.148. The van der Waals surface area contributed by atoms with Gasteiger partial charge in [-0.3, -0.25) is 9.36 Å². The Hall–Kier alpha value is -4.95. The van der Waals surface area contributed by atoms with Crippen LogP contribution in [-0.4, -0.2) is 57.5 Å². The van der Waals surface area contributed by atoms with E-state index in [0.29, 0.717) is 22.0 Å². The second-order valence-corrected chi connectivity index (χ2v) is 9.50. The van der Waals surface area contributed by atoms with Crippen LogP contribution in [0.2, 0.25) is 5.02 Å². The zero-order chi connectivity index (χ0) is 30.0. The molecule has 0 radical (unpaired) electrons. The molecular weight excluding hydrogens is 579 g/mol. The van der Waals surface area contributed by atoms with Crippen LogP contribution in [-0.2, 0) is 13.1 Å². The highest BCUT2D eigenvalue weighted by molar-refractivity contribution is 6.30. The van der Waals surface area contributed by atoms with Crippen LogP contribution in [0.5, 0.6) is 5.75 Å². The van der Waals surface area contributed by atoms with E-state index < -0.39 is 30.4 Å². The van der Waals surface area contributed by atoms with Crippen molar-refractivity contribution >= 4 is 23.2 Å². The van der Waals surface area contributed by atoms with E-state index in [0.717, 1.165) is 9.25 Å². The summed E-state index contributed by atoms with van der Waals surface area (Å²) >= 11 is 5.92. The first-order valence-corrected chi connectivity index (χ1v) is 12.7. The van der Waals surface area contributed by atoms with Crippen molar-refractivity contribution in [3.8, 4) is 22.8 Å². The molecule has 0 spiro atoms. The molecule has 2 aromatic heterocycles. The lowest BCUT2D eigenvalue weighted by Gasteiger charge is -2.15. The number of aliphatic hydroxyl groups is 1. The number of phenolic OH excluding ortho intramolecular Hbond substituents is 1. The third-order valence-corrected chi connectivity index (χ3v) is 6.34. The molecule has 216 valence electrons. The van der Waals surface area contributed by atoms with Gasteiger partial charge in [0.05, 0.1) is 17.8 Å². The molecule has 1 unspecified atom stereocenters. The van der Waals surface area contributed by atoms with Crippen molar-refractivity contribution in [2.24, 2.45) is 0 Å². The van der Waals surface area contributed by atoms with Crippen molar-refractivity contribution in [2.75, 3.05) is 5.32 Å². The molecule has 42 heavy (non-hydrogen) atoms. The number of aromatic nitrogens is 6. The molecule has 3 aromatic carbocycles. The number of rotatable bonds is 8. The van der Waals surface area contributed by atoms with Crippen LogP contribution in [0, 0.1) is 0 Å². The number of nitrogens with one attached hydrogen (secondary N) is 1. The van der Waals surface area contributed by atoms with Gasteiger partial charge in [0.2, 0.25) is 0 Å². The minimum atomic E-state index is -4.96. The maximum absolute atomic E-state index is 13.1. The Balaban J connectivity index is 1.44. The van der Waals surface area contributed by atoms with E-state index in [1.54, 1.807) is 36.4 Å². The Morgan fingerprint density at radius 1 is 1.02 bits per heavy atom. The van der Waals surface area contributed by atoms with Crippen molar-refractivity contribution in [1.29, 1.82) is 0 Å². The topological polar surface area (TPSA) is 140 Å². The summed E-state index contributed by atoms with van der Waals surface area (Å²) in [5.74, 6) is -0.553. The molecule has 0 bridgehead atoms. The number of carbonyl (C=O) groups is 1. The van der Waals surface area contributed by atoms with Gasteiger partial charge in [-0.2, -0.15) is 13.2 Å². The molecule has 0 saturated heterocycles. The Bertz CT molecular complexity index is 1800. The summed E-state index contributed by atoms with van der Waals surface area (Å²) < 4.78 is 42.3. The lowest BCUT2D eigenvalue weighted by atomic mass is 10.1. The number of aromatic hydroxyl groups is 1. The SMILES string of the molecule is O=C(Nc1cccc(O)c1)c1ccccc1-n1cnc(Cn2nc(-c3ccc(Cl)cc3)n(CC(O)C(F)(F)F)c2=O)n1. The number of halogens is 4. The summed E-state index contributed by atoms with van der Waals surface area (Å²) in [5.41, 5.74) is 0.322. The first kappa shape index (κ1) is 28.6. The average molecular weight is 600 g/mol. The Morgan fingerprint density at radius 2 is 1.76 bits per heavy atom. The van der Waals surface area contributed by atoms with Gasteiger partial charge in [0.1, 0.15) is 18.6 Å². The van der Waals surface area contributed by atoms with Gasteiger partial charge in [-0.1, -0.05) is 29.8 Å². The summed E-state index contributed by atoms with van der Waals surface area (Å²) in [6.45, 7) is -1.40. The number of nitrogens with zero attached hydrogens (tertiary/aromatic N) is 6. The van der Waals surface area contributed by atoms with Crippen LogP contribution in [0.15, 0.2) is 83.9 Å². The fourth-order valence-corrected chi connectivity index (χ4v) is 4.19. The summed E-state index contributed by atoms with van der Waals surface area (Å²) in [6, 6.07) is 18.5. The molecule has 11 nitrogen and oxygen atoms in total. The monoisotopic (exact) mass is 599 g/mol. The van der Waals surface area contributed by atoms with E-state index in [1.165, 1.54) is 47.4 Å². The summed E-state index contributed by atoms with van der Waals surface area (Å²) in [5, 5.41) is 30.9. The highest BCUT2D eigenvalue weighted by Gasteiger charge is 2.39. The first-order valence-electron chi connectivity index (χ1n) is 12.3. The van der Waals surface area contributed by atoms with Crippen molar-refractivity contribution in [2.45, 2.75) is 25.4 Å². The van der Waals surface area contributed by atoms with Crippen LogP contribution < -0.4 is 11.0 Å². The molecule has 1 atom stereocenters. The molecule has 0 saturated carbocycles. The van der Waals surface area contributed by atoms with E-state index in [2.05, 4.69) is 20.5 Å². The number of phenols is 1. The van der Waals surface area contributed by atoms with Gasteiger partial charge in [-0.05, 0) is 48.5 Å². The number of anilines is 1. The molecule has 5 rings (SSSR count). The number of amides is 1. The number of hydrogen-bond donors (Lipinski definition) is 3. The van der Waals surface area contributed by atoms with Crippen LogP contribution in [0.3, 0.4) is 0 Å². The predicted octanol–water partition coefficient (Wildman–Crippen LogP) is 3.88. The number of carbonyl (C=O) groups excluding carboxylic acids is 1. The molecule has 15 heteroatoms. The minimum absolute atomic E-state index is 0.0215. The summed E-state index contributed by atoms with van der Waals surface area (Å²) in [4.78, 5) is 30.3. The number of para-hydroxylation sites is 1. The smallest absolute Gasteiger partial charge is 0.416 e. The molecule has 3 N–H and O–H groups in total. The van der Waals surface area contributed by atoms with Crippen molar-refractivity contribution in [3.05, 3.63) is 106 Å². The number of hydrogen-bond acceptors (Lipinski definition) is 7. The van der Waals surface area contributed by atoms with Crippen LogP contribution in [0.1, 0.15) is 16.2 Å². The Labute approximate surface area is 240 Å². The number of alkyl halides is 3.